The molecule has 0 spiro atoms. The Kier molecular flexibility index (Phi) is 3.99. The summed E-state index contributed by atoms with van der Waals surface area (Å²) in [6.07, 6.45) is 0. The number of H-pyrrole nitrogens is 1. The molecule has 2 N–H and O–H groups in total. The van der Waals surface area contributed by atoms with Crippen LogP contribution < -0.4 is 20.3 Å². The third-order valence-corrected chi connectivity index (χ3v) is 2.57. The van der Waals surface area contributed by atoms with Crippen LogP contribution in [0.1, 0.15) is 10.5 Å². The van der Waals surface area contributed by atoms with Gasteiger partial charge in [0, 0.05) is 12.1 Å². The van der Waals surface area contributed by atoms with E-state index in [0.29, 0.717) is 17.2 Å². The number of nitrogens with one attached hydrogen (secondary N) is 2. The van der Waals surface area contributed by atoms with Crippen LogP contribution >= 0.6 is 0 Å². The number of amides is 1. The zero-order valence-electron chi connectivity index (χ0n) is 11.0. The number of anilines is 1. The van der Waals surface area contributed by atoms with Crippen LogP contribution in [0.4, 0.5) is 5.69 Å². The molecule has 104 valence electrons. The Morgan fingerprint density at radius 1 is 1.20 bits per heavy atom. The molecule has 0 fully saturated rings. The van der Waals surface area contributed by atoms with Crippen LogP contribution in [0.3, 0.4) is 0 Å². The lowest BCUT2D eigenvalue weighted by atomic mass is 10.2. The summed E-state index contributed by atoms with van der Waals surface area (Å²) in [5.74, 6) is 0.619. The topological polar surface area (TPSA) is 93.3 Å². The molecule has 0 aliphatic carbocycles. The number of carbonyl (C=O) groups is 1. The molecule has 1 aromatic heterocycles. The van der Waals surface area contributed by atoms with Gasteiger partial charge >= 0.3 is 0 Å². The summed E-state index contributed by atoms with van der Waals surface area (Å²) in [5, 5.41) is 8.49. The number of aromatic amines is 1. The summed E-state index contributed by atoms with van der Waals surface area (Å²) < 4.78 is 10.2. The molecular formula is C13H13N3O4. The summed E-state index contributed by atoms with van der Waals surface area (Å²) in [6, 6.07) is 7.56. The van der Waals surface area contributed by atoms with Crippen LogP contribution in [0.5, 0.6) is 11.5 Å². The van der Waals surface area contributed by atoms with Crippen molar-refractivity contribution in [2.24, 2.45) is 0 Å². The quantitative estimate of drug-likeness (QED) is 0.869. The number of ether oxygens (including phenoxy) is 2. The number of nitrogens with zero attached hydrogens (tertiary/aromatic N) is 1. The molecule has 7 nitrogen and oxygen atoms in total. The predicted octanol–water partition coefficient (Wildman–Crippen LogP) is 1.04. The molecule has 0 radical (unpaired) electrons. The Hall–Kier alpha value is -2.83. The fourth-order valence-electron chi connectivity index (χ4n) is 1.56. The smallest absolute Gasteiger partial charge is 0.276 e. The van der Waals surface area contributed by atoms with Gasteiger partial charge in [-0.2, -0.15) is 5.10 Å². The van der Waals surface area contributed by atoms with Crippen molar-refractivity contribution in [3.63, 3.8) is 0 Å². The Bertz CT molecular complexity index is 661. The van der Waals surface area contributed by atoms with Crippen molar-refractivity contribution in [3.05, 3.63) is 46.4 Å². The summed E-state index contributed by atoms with van der Waals surface area (Å²) in [5.41, 5.74) is 0.206. The van der Waals surface area contributed by atoms with Gasteiger partial charge in [0.05, 0.1) is 19.9 Å². The molecule has 1 aromatic carbocycles. The Morgan fingerprint density at radius 3 is 2.60 bits per heavy atom. The lowest BCUT2D eigenvalue weighted by molar-refractivity contribution is 0.102. The normalized spacial score (nSPS) is 9.90. The molecule has 2 aromatic rings. The number of carbonyl (C=O) groups excluding carboxylic acids is 1. The maximum atomic E-state index is 12.0. The van der Waals surface area contributed by atoms with Crippen molar-refractivity contribution in [2.45, 2.75) is 0 Å². The second-order valence-corrected chi connectivity index (χ2v) is 3.83. The van der Waals surface area contributed by atoms with Gasteiger partial charge < -0.3 is 14.8 Å². The zero-order chi connectivity index (χ0) is 14.5. The van der Waals surface area contributed by atoms with E-state index in [9.17, 15) is 9.59 Å². The molecule has 0 saturated carbocycles. The molecule has 0 aliphatic heterocycles. The average Bonchev–Trinajstić information content (AvgIpc) is 2.48. The molecule has 0 saturated heterocycles. The van der Waals surface area contributed by atoms with Crippen molar-refractivity contribution in [2.75, 3.05) is 19.5 Å². The zero-order valence-corrected chi connectivity index (χ0v) is 11.0. The SMILES string of the molecule is COc1ccc(NC(=O)c2ccc(=O)[nH]n2)c(OC)c1. The Morgan fingerprint density at radius 2 is 2.00 bits per heavy atom. The van der Waals surface area contributed by atoms with Crippen LogP contribution in [0.25, 0.3) is 0 Å². The van der Waals surface area contributed by atoms with E-state index in [1.54, 1.807) is 18.2 Å². The van der Waals surface area contributed by atoms with Gasteiger partial charge in [0.1, 0.15) is 17.2 Å². The minimum Gasteiger partial charge on any atom is -0.497 e. The maximum Gasteiger partial charge on any atom is 0.276 e. The molecule has 0 bridgehead atoms. The molecule has 2 rings (SSSR count). The van der Waals surface area contributed by atoms with Gasteiger partial charge in [-0.05, 0) is 18.2 Å². The fraction of sp³-hybridized carbons (Fsp3) is 0.154. The van der Waals surface area contributed by atoms with E-state index < -0.39 is 5.91 Å². The lowest BCUT2D eigenvalue weighted by Crippen LogP contribution is -2.17. The van der Waals surface area contributed by atoms with E-state index in [4.69, 9.17) is 9.47 Å². The summed E-state index contributed by atoms with van der Waals surface area (Å²) in [7, 11) is 3.03. The highest BCUT2D eigenvalue weighted by molar-refractivity contribution is 6.03. The largest absolute Gasteiger partial charge is 0.497 e. The first-order chi connectivity index (χ1) is 9.63. The van der Waals surface area contributed by atoms with Crippen LogP contribution in [0.15, 0.2) is 35.1 Å². The first-order valence-electron chi connectivity index (χ1n) is 5.73. The second-order valence-electron chi connectivity index (χ2n) is 3.83. The predicted molar refractivity (Wildman–Crippen MR) is 72.4 cm³/mol. The van der Waals surface area contributed by atoms with Crippen LogP contribution in [0, 0.1) is 0 Å². The van der Waals surface area contributed by atoms with Crippen LogP contribution in [-0.2, 0) is 0 Å². The molecular weight excluding hydrogens is 262 g/mol. The molecule has 20 heavy (non-hydrogen) atoms. The molecule has 1 amide bonds. The molecule has 0 aliphatic rings. The van der Waals surface area contributed by atoms with Gasteiger partial charge in [-0.25, -0.2) is 5.10 Å². The first kappa shape index (κ1) is 13.6. The number of aromatic nitrogens is 2. The van der Waals surface area contributed by atoms with Crippen molar-refractivity contribution < 1.29 is 14.3 Å². The third kappa shape index (κ3) is 2.94. The molecule has 7 heteroatoms. The van der Waals surface area contributed by atoms with Gasteiger partial charge in [0.2, 0.25) is 0 Å². The number of methoxy groups -OCH3 is 2. The van der Waals surface area contributed by atoms with Gasteiger partial charge in [-0.15, -0.1) is 0 Å². The van der Waals surface area contributed by atoms with Gasteiger partial charge in [-0.3, -0.25) is 9.59 Å². The van der Waals surface area contributed by atoms with E-state index in [1.807, 2.05) is 0 Å². The van der Waals surface area contributed by atoms with E-state index in [-0.39, 0.29) is 11.3 Å². The van der Waals surface area contributed by atoms with Gasteiger partial charge in [0.25, 0.3) is 11.5 Å². The van der Waals surface area contributed by atoms with E-state index in [2.05, 4.69) is 15.5 Å². The number of hydrogen-bond acceptors (Lipinski definition) is 5. The van der Waals surface area contributed by atoms with Gasteiger partial charge in [-0.1, -0.05) is 0 Å². The fourth-order valence-corrected chi connectivity index (χ4v) is 1.56. The standard InChI is InChI=1S/C13H13N3O4/c1-19-8-3-4-9(11(7-8)20-2)14-13(18)10-5-6-12(17)16-15-10/h3-7H,1-2H3,(H,14,18)(H,16,17). The van der Waals surface area contributed by atoms with Crippen LogP contribution in [0.2, 0.25) is 0 Å². The highest BCUT2D eigenvalue weighted by atomic mass is 16.5. The Labute approximate surface area is 114 Å². The van der Waals surface area contributed by atoms with Crippen molar-refractivity contribution in [1.29, 1.82) is 0 Å². The van der Waals surface area contributed by atoms with Crippen molar-refractivity contribution in [1.82, 2.24) is 10.2 Å². The molecule has 1 heterocycles. The monoisotopic (exact) mass is 275 g/mol. The van der Waals surface area contributed by atoms with Gasteiger partial charge in [0.15, 0.2) is 0 Å². The van der Waals surface area contributed by atoms with E-state index in [0.717, 1.165) is 0 Å². The molecule has 0 atom stereocenters. The minimum atomic E-state index is -0.454. The maximum absolute atomic E-state index is 12.0. The highest BCUT2D eigenvalue weighted by Gasteiger charge is 2.11. The van der Waals surface area contributed by atoms with Crippen molar-refractivity contribution >= 4 is 11.6 Å². The Balaban J connectivity index is 2.23. The van der Waals surface area contributed by atoms with Crippen LogP contribution in [-0.4, -0.2) is 30.3 Å². The summed E-state index contributed by atoms with van der Waals surface area (Å²) >= 11 is 0. The van der Waals surface area contributed by atoms with Crippen molar-refractivity contribution in [3.8, 4) is 11.5 Å². The number of hydrogen-bond donors (Lipinski definition) is 2. The third-order valence-electron chi connectivity index (χ3n) is 2.57. The average molecular weight is 275 g/mol. The number of benzene rings is 1. The lowest BCUT2D eigenvalue weighted by Gasteiger charge is -2.11. The molecule has 0 unspecified atom stereocenters. The van der Waals surface area contributed by atoms with E-state index >= 15 is 0 Å². The minimum absolute atomic E-state index is 0.0995. The summed E-state index contributed by atoms with van der Waals surface area (Å²) in [6.45, 7) is 0. The van der Waals surface area contributed by atoms with E-state index in [1.165, 1.54) is 26.4 Å². The highest BCUT2D eigenvalue weighted by Crippen LogP contribution is 2.29. The number of rotatable bonds is 4. The second kappa shape index (κ2) is 5.87. The summed E-state index contributed by atoms with van der Waals surface area (Å²) in [4.78, 5) is 22.9. The first-order valence-corrected chi connectivity index (χ1v) is 5.73.